The molecule has 1 saturated heterocycles. The molecular formula is C15H21ClN2O3. The van der Waals surface area contributed by atoms with Gasteiger partial charge < -0.3 is 15.3 Å². The Kier molecular flexibility index (Phi) is 6.18. The second-order valence-corrected chi connectivity index (χ2v) is 5.25. The highest BCUT2D eigenvalue weighted by molar-refractivity contribution is 5.85. The van der Waals surface area contributed by atoms with E-state index in [2.05, 4.69) is 5.32 Å². The number of hydrogen-bond donors (Lipinski definition) is 2. The molecule has 0 spiro atoms. The van der Waals surface area contributed by atoms with E-state index in [4.69, 9.17) is 0 Å². The van der Waals surface area contributed by atoms with Crippen LogP contribution in [0.4, 0.5) is 0 Å². The van der Waals surface area contributed by atoms with Crippen molar-refractivity contribution in [3.8, 4) is 0 Å². The number of likely N-dealkylation sites (tertiary alicyclic amines) is 1. The molecule has 6 heteroatoms. The van der Waals surface area contributed by atoms with Crippen LogP contribution >= 0.6 is 12.4 Å². The molecule has 5 nitrogen and oxygen atoms in total. The van der Waals surface area contributed by atoms with Crippen LogP contribution in [0, 0.1) is 5.92 Å². The minimum atomic E-state index is -0.835. The molecule has 0 saturated carbocycles. The number of nitrogens with one attached hydrogen (secondary N) is 1. The molecule has 1 fully saturated rings. The van der Waals surface area contributed by atoms with Gasteiger partial charge in [-0.15, -0.1) is 12.4 Å². The van der Waals surface area contributed by atoms with E-state index in [-0.39, 0.29) is 24.2 Å². The molecule has 0 aromatic heterocycles. The van der Waals surface area contributed by atoms with Crippen molar-refractivity contribution in [1.29, 1.82) is 0 Å². The topological polar surface area (TPSA) is 69.6 Å². The Bertz CT molecular complexity index is 504. The number of rotatable bonds is 4. The van der Waals surface area contributed by atoms with Crippen LogP contribution in [0.25, 0.3) is 0 Å². The Morgan fingerprint density at radius 2 is 1.90 bits per heavy atom. The number of carbonyl (C=O) groups excluding carboxylic acids is 1. The largest absolute Gasteiger partial charge is 0.481 e. The van der Waals surface area contributed by atoms with Crippen molar-refractivity contribution in [1.82, 2.24) is 10.2 Å². The highest BCUT2D eigenvalue weighted by Crippen LogP contribution is 2.33. The van der Waals surface area contributed by atoms with E-state index in [0.717, 1.165) is 17.7 Å². The number of carbonyl (C=O) groups is 2. The van der Waals surface area contributed by atoms with E-state index >= 15 is 0 Å². The molecule has 0 bridgehead atoms. The molecule has 1 aliphatic heterocycles. The number of nitrogens with zero attached hydrogens (tertiary/aromatic N) is 1. The lowest BCUT2D eigenvalue weighted by Gasteiger charge is -2.15. The van der Waals surface area contributed by atoms with Crippen molar-refractivity contribution in [2.24, 2.45) is 5.92 Å². The standard InChI is InChI=1S/C15H20N2O3.ClH/c1-10(18)17-8-13(14(9-17)15(19)20)12-5-3-11(4-6-12)7-16-2;/h3-6,13-14,16H,7-9H2,1-2H3,(H,19,20);1H. The van der Waals surface area contributed by atoms with Crippen molar-refractivity contribution in [2.75, 3.05) is 20.1 Å². The maximum absolute atomic E-state index is 11.5. The normalized spacial score (nSPS) is 21.0. The number of benzene rings is 1. The van der Waals surface area contributed by atoms with Crippen LogP contribution in [0.15, 0.2) is 24.3 Å². The van der Waals surface area contributed by atoms with E-state index in [1.54, 1.807) is 4.90 Å². The van der Waals surface area contributed by atoms with Crippen LogP contribution in [0.1, 0.15) is 24.0 Å². The van der Waals surface area contributed by atoms with Gasteiger partial charge in [-0.3, -0.25) is 9.59 Å². The molecule has 2 unspecified atom stereocenters. The average Bonchev–Trinajstić information content (AvgIpc) is 2.85. The Morgan fingerprint density at radius 3 is 2.38 bits per heavy atom. The number of hydrogen-bond acceptors (Lipinski definition) is 3. The highest BCUT2D eigenvalue weighted by atomic mass is 35.5. The van der Waals surface area contributed by atoms with Gasteiger partial charge in [0.05, 0.1) is 5.92 Å². The van der Waals surface area contributed by atoms with Gasteiger partial charge in [0.2, 0.25) is 5.91 Å². The van der Waals surface area contributed by atoms with Crippen LogP contribution in [-0.2, 0) is 16.1 Å². The van der Waals surface area contributed by atoms with Gasteiger partial charge >= 0.3 is 5.97 Å². The number of carboxylic acids is 1. The third kappa shape index (κ3) is 3.95. The molecule has 1 aliphatic rings. The first-order valence-electron chi connectivity index (χ1n) is 6.74. The predicted octanol–water partition coefficient (Wildman–Crippen LogP) is 1.47. The van der Waals surface area contributed by atoms with Crippen LogP contribution < -0.4 is 5.32 Å². The molecule has 116 valence electrons. The fourth-order valence-corrected chi connectivity index (χ4v) is 2.74. The summed E-state index contributed by atoms with van der Waals surface area (Å²) in [6.45, 7) is 3.05. The van der Waals surface area contributed by atoms with E-state index < -0.39 is 11.9 Å². The quantitative estimate of drug-likeness (QED) is 0.883. The monoisotopic (exact) mass is 312 g/mol. The lowest BCUT2D eigenvalue weighted by molar-refractivity contribution is -0.141. The van der Waals surface area contributed by atoms with Gasteiger partial charge in [0.1, 0.15) is 0 Å². The smallest absolute Gasteiger partial charge is 0.308 e. The number of halogens is 1. The number of carboxylic acid groups (broad SMARTS) is 1. The second kappa shape index (κ2) is 7.43. The minimum Gasteiger partial charge on any atom is -0.481 e. The molecule has 2 rings (SSSR count). The van der Waals surface area contributed by atoms with Gasteiger partial charge in [-0.05, 0) is 18.2 Å². The van der Waals surface area contributed by atoms with E-state index in [0.29, 0.717) is 13.1 Å². The maximum Gasteiger partial charge on any atom is 0.308 e. The zero-order valence-corrected chi connectivity index (χ0v) is 13.0. The van der Waals surface area contributed by atoms with Crippen molar-refractivity contribution < 1.29 is 14.7 Å². The predicted molar refractivity (Wildman–Crippen MR) is 82.6 cm³/mol. The van der Waals surface area contributed by atoms with Crippen LogP contribution in [0.2, 0.25) is 0 Å². The van der Waals surface area contributed by atoms with Crippen molar-refractivity contribution in [3.05, 3.63) is 35.4 Å². The van der Waals surface area contributed by atoms with Gasteiger partial charge in [0.15, 0.2) is 0 Å². The Balaban J connectivity index is 0.00000220. The minimum absolute atomic E-state index is 0. The lowest BCUT2D eigenvalue weighted by Crippen LogP contribution is -2.27. The van der Waals surface area contributed by atoms with Gasteiger partial charge in [-0.25, -0.2) is 0 Å². The molecule has 1 aromatic rings. The molecule has 21 heavy (non-hydrogen) atoms. The summed E-state index contributed by atoms with van der Waals surface area (Å²) in [4.78, 5) is 24.4. The molecule has 2 N–H and O–H groups in total. The first-order valence-corrected chi connectivity index (χ1v) is 6.74. The van der Waals surface area contributed by atoms with E-state index in [9.17, 15) is 14.7 Å². The fraction of sp³-hybridized carbons (Fsp3) is 0.467. The summed E-state index contributed by atoms with van der Waals surface area (Å²) >= 11 is 0. The molecule has 1 heterocycles. The molecular weight excluding hydrogens is 292 g/mol. The molecule has 2 atom stereocenters. The summed E-state index contributed by atoms with van der Waals surface area (Å²) < 4.78 is 0. The third-order valence-electron chi connectivity index (χ3n) is 3.87. The van der Waals surface area contributed by atoms with Gasteiger partial charge in [-0.1, -0.05) is 24.3 Å². The summed E-state index contributed by atoms with van der Waals surface area (Å²) in [6.07, 6.45) is 0. The van der Waals surface area contributed by atoms with Gasteiger partial charge in [0, 0.05) is 32.5 Å². The summed E-state index contributed by atoms with van der Waals surface area (Å²) in [5.74, 6) is -1.54. The summed E-state index contributed by atoms with van der Waals surface area (Å²) in [7, 11) is 1.88. The fourth-order valence-electron chi connectivity index (χ4n) is 2.74. The Labute approximate surface area is 130 Å². The Morgan fingerprint density at radius 1 is 1.29 bits per heavy atom. The number of aliphatic carboxylic acids is 1. The first kappa shape index (κ1) is 17.5. The van der Waals surface area contributed by atoms with Crippen LogP contribution in [-0.4, -0.2) is 42.0 Å². The zero-order chi connectivity index (χ0) is 14.7. The summed E-state index contributed by atoms with van der Waals surface area (Å²) in [5, 5.41) is 12.4. The SMILES string of the molecule is CNCc1ccc(C2CN(C(C)=O)CC2C(=O)O)cc1.Cl. The maximum atomic E-state index is 11.5. The molecule has 1 amide bonds. The molecule has 0 aliphatic carbocycles. The van der Waals surface area contributed by atoms with Crippen LogP contribution in [0.5, 0.6) is 0 Å². The number of amides is 1. The second-order valence-electron chi connectivity index (χ2n) is 5.25. The molecule has 1 aromatic carbocycles. The highest BCUT2D eigenvalue weighted by Gasteiger charge is 2.39. The Hall–Kier alpha value is -1.59. The van der Waals surface area contributed by atoms with Crippen molar-refractivity contribution in [3.63, 3.8) is 0 Å². The summed E-state index contributed by atoms with van der Waals surface area (Å²) in [6, 6.07) is 7.94. The zero-order valence-electron chi connectivity index (χ0n) is 12.2. The lowest BCUT2D eigenvalue weighted by atomic mass is 9.88. The summed E-state index contributed by atoms with van der Waals surface area (Å²) in [5.41, 5.74) is 2.14. The van der Waals surface area contributed by atoms with Gasteiger partial charge in [0.25, 0.3) is 0 Å². The van der Waals surface area contributed by atoms with Gasteiger partial charge in [-0.2, -0.15) is 0 Å². The third-order valence-corrected chi connectivity index (χ3v) is 3.87. The van der Waals surface area contributed by atoms with Crippen molar-refractivity contribution >= 4 is 24.3 Å². The van der Waals surface area contributed by atoms with Crippen LogP contribution in [0.3, 0.4) is 0 Å². The van der Waals surface area contributed by atoms with Crippen molar-refractivity contribution in [2.45, 2.75) is 19.4 Å². The molecule has 0 radical (unpaired) electrons. The average molecular weight is 313 g/mol. The van der Waals surface area contributed by atoms with E-state index in [1.165, 1.54) is 6.92 Å². The van der Waals surface area contributed by atoms with E-state index in [1.807, 2.05) is 31.3 Å². The first-order chi connectivity index (χ1) is 9.52.